The Balaban J connectivity index is 0.00000245. The number of fused-ring (bicyclic) bond motifs is 1. The molecule has 1 saturated heterocycles. The Kier molecular flexibility index (Phi) is 6.25. The van der Waals surface area contributed by atoms with Gasteiger partial charge in [0.25, 0.3) is 5.91 Å². The highest BCUT2D eigenvalue weighted by Crippen LogP contribution is 2.48. The van der Waals surface area contributed by atoms with Crippen molar-refractivity contribution in [2.24, 2.45) is 0 Å². The van der Waals surface area contributed by atoms with E-state index < -0.39 is 0 Å². The summed E-state index contributed by atoms with van der Waals surface area (Å²) in [4.78, 5) is 15.7. The fourth-order valence-electron chi connectivity index (χ4n) is 4.83. The predicted octanol–water partition coefficient (Wildman–Crippen LogP) is 5.68. The van der Waals surface area contributed by atoms with Crippen LogP contribution < -0.4 is 10.1 Å². The zero-order valence-corrected chi connectivity index (χ0v) is 18.4. The zero-order valence-electron chi connectivity index (χ0n) is 18.4. The Hall–Kier alpha value is -2.85. The molecule has 3 aromatic carbocycles. The van der Waals surface area contributed by atoms with E-state index in [0.29, 0.717) is 18.2 Å². The molecule has 1 unspecified atom stereocenters. The molecule has 1 atom stereocenters. The smallest absolute Gasteiger partial charge is 0.252 e. The van der Waals surface area contributed by atoms with Gasteiger partial charge in [0, 0.05) is 11.6 Å². The number of ether oxygens (including phenoxy) is 1. The number of nitrogens with one attached hydrogen (secondary N) is 1. The number of hydrogen-bond donors (Lipinski definition) is 1. The molecule has 1 aliphatic heterocycles. The van der Waals surface area contributed by atoms with Gasteiger partial charge in [0.15, 0.2) is 0 Å². The Morgan fingerprint density at radius 1 is 1.12 bits per heavy atom. The third-order valence-electron chi connectivity index (χ3n) is 6.98. The molecule has 2 aliphatic rings. The van der Waals surface area contributed by atoms with Crippen molar-refractivity contribution >= 4 is 16.7 Å². The van der Waals surface area contributed by atoms with Gasteiger partial charge >= 0.3 is 0 Å². The lowest BCUT2D eigenvalue weighted by Gasteiger charge is -2.22. The van der Waals surface area contributed by atoms with Gasteiger partial charge in [-0.25, -0.2) is 0 Å². The number of likely N-dealkylation sites (tertiary alicyclic amines) is 1. The Labute approximate surface area is 191 Å². The van der Waals surface area contributed by atoms with Gasteiger partial charge in [-0.15, -0.1) is 0 Å². The van der Waals surface area contributed by atoms with Gasteiger partial charge in [0.1, 0.15) is 12.4 Å². The molecule has 0 radical (unpaired) electrons. The van der Waals surface area contributed by atoms with Crippen LogP contribution in [0.4, 0.5) is 0 Å². The van der Waals surface area contributed by atoms with Gasteiger partial charge in [-0.05, 0) is 80.2 Å². The van der Waals surface area contributed by atoms with Crippen molar-refractivity contribution in [1.82, 2.24) is 10.2 Å². The summed E-state index contributed by atoms with van der Waals surface area (Å²) in [6, 6.07) is 21.1. The van der Waals surface area contributed by atoms with Crippen molar-refractivity contribution in [2.45, 2.75) is 51.6 Å². The number of hydrogen-bond acceptors (Lipinski definition) is 3. The van der Waals surface area contributed by atoms with E-state index in [-0.39, 0.29) is 18.9 Å². The van der Waals surface area contributed by atoms with E-state index in [1.165, 1.54) is 29.2 Å². The number of aryl methyl sites for hydroxylation is 1. The van der Waals surface area contributed by atoms with Crippen LogP contribution in [0.15, 0.2) is 60.7 Å². The van der Waals surface area contributed by atoms with Crippen molar-refractivity contribution in [3.63, 3.8) is 0 Å². The van der Waals surface area contributed by atoms with E-state index in [1.807, 2.05) is 25.1 Å². The average Bonchev–Trinajstić information content (AvgIpc) is 3.45. The second kappa shape index (κ2) is 8.95. The van der Waals surface area contributed by atoms with Crippen LogP contribution in [0, 0.1) is 6.92 Å². The highest BCUT2D eigenvalue weighted by molar-refractivity contribution is 5.97. The van der Waals surface area contributed by atoms with Gasteiger partial charge in [-0.2, -0.15) is 0 Å². The zero-order chi connectivity index (χ0) is 21.4. The number of likely N-dealkylation sites (N-methyl/N-ethyl adjacent to an activating group) is 1. The highest BCUT2D eigenvalue weighted by Gasteiger charge is 2.46. The monoisotopic (exact) mass is 430 g/mol. The van der Waals surface area contributed by atoms with Gasteiger partial charge in [0.2, 0.25) is 0 Å². The molecular formula is C28H34N2O2. The van der Waals surface area contributed by atoms with Crippen molar-refractivity contribution in [1.29, 1.82) is 0 Å². The molecule has 0 spiro atoms. The number of nitrogens with zero attached hydrogens (tertiary/aromatic N) is 1. The molecule has 4 heteroatoms. The summed E-state index contributed by atoms with van der Waals surface area (Å²) in [6.45, 7) is 3.79. The van der Waals surface area contributed by atoms with Crippen LogP contribution in [0.3, 0.4) is 0 Å². The van der Waals surface area contributed by atoms with E-state index in [2.05, 4.69) is 59.7 Å². The van der Waals surface area contributed by atoms with Crippen LogP contribution >= 0.6 is 0 Å². The maximum Gasteiger partial charge on any atom is 0.252 e. The molecule has 2 fully saturated rings. The van der Waals surface area contributed by atoms with Crippen molar-refractivity contribution < 1.29 is 9.53 Å². The second-order valence-corrected chi connectivity index (χ2v) is 9.13. The summed E-state index contributed by atoms with van der Waals surface area (Å²) >= 11 is 0. The molecule has 168 valence electrons. The van der Waals surface area contributed by atoms with Crippen LogP contribution in [-0.2, 0) is 5.54 Å². The Morgan fingerprint density at radius 3 is 2.66 bits per heavy atom. The number of amides is 1. The first-order valence-electron chi connectivity index (χ1n) is 11.3. The van der Waals surface area contributed by atoms with Gasteiger partial charge in [-0.3, -0.25) is 4.79 Å². The molecule has 1 amide bonds. The summed E-state index contributed by atoms with van der Waals surface area (Å²) in [6.07, 6.45) is 4.33. The van der Waals surface area contributed by atoms with Crippen LogP contribution in [0.25, 0.3) is 10.8 Å². The van der Waals surface area contributed by atoms with Gasteiger partial charge in [0.05, 0.1) is 5.54 Å². The minimum atomic E-state index is -0.270. The first kappa shape index (κ1) is 22.3. The molecule has 32 heavy (non-hydrogen) atoms. The summed E-state index contributed by atoms with van der Waals surface area (Å²) in [5, 5.41) is 5.79. The molecule has 1 aliphatic carbocycles. The minimum Gasteiger partial charge on any atom is -0.492 e. The molecule has 1 N–H and O–H groups in total. The summed E-state index contributed by atoms with van der Waals surface area (Å²) in [5.41, 5.74) is 2.61. The first-order chi connectivity index (χ1) is 15.1. The third kappa shape index (κ3) is 4.24. The van der Waals surface area contributed by atoms with E-state index in [4.69, 9.17) is 4.74 Å². The second-order valence-electron chi connectivity index (χ2n) is 9.13. The third-order valence-corrected chi connectivity index (χ3v) is 6.98. The molecule has 0 bridgehead atoms. The van der Waals surface area contributed by atoms with Crippen LogP contribution in [-0.4, -0.2) is 37.0 Å². The molecule has 3 aromatic rings. The van der Waals surface area contributed by atoms with Crippen molar-refractivity contribution in [3.05, 3.63) is 77.4 Å². The standard InChI is InChI=1S/C27H30N2O2.CH4/c1-19-12-13-22(31-18-21-9-6-16-29(21)2)17-24(19)26(30)28-27(14-15-27)25-11-5-8-20-7-3-4-10-23(20)25;/h3-5,7-8,10-13,17,21H,6,9,14-16,18H2,1-2H3,(H,28,30);1H4. The molecule has 1 heterocycles. The van der Waals surface area contributed by atoms with E-state index in [9.17, 15) is 4.79 Å². The molecule has 1 saturated carbocycles. The fourth-order valence-corrected chi connectivity index (χ4v) is 4.83. The quantitative estimate of drug-likeness (QED) is 0.547. The Morgan fingerprint density at radius 2 is 1.91 bits per heavy atom. The molecule has 4 nitrogen and oxygen atoms in total. The van der Waals surface area contributed by atoms with E-state index in [0.717, 1.165) is 30.7 Å². The molecular weight excluding hydrogens is 396 g/mol. The minimum absolute atomic E-state index is 0. The van der Waals surface area contributed by atoms with E-state index >= 15 is 0 Å². The first-order valence-corrected chi connectivity index (χ1v) is 11.3. The molecule has 5 rings (SSSR count). The predicted molar refractivity (Wildman–Crippen MR) is 131 cm³/mol. The lowest BCUT2D eigenvalue weighted by molar-refractivity contribution is 0.0930. The topological polar surface area (TPSA) is 41.6 Å². The fraction of sp³-hybridized carbons (Fsp3) is 0.393. The number of rotatable bonds is 6. The maximum atomic E-state index is 13.3. The largest absolute Gasteiger partial charge is 0.492 e. The summed E-state index contributed by atoms with van der Waals surface area (Å²) in [7, 11) is 2.15. The molecule has 0 aromatic heterocycles. The van der Waals surface area contributed by atoms with Crippen LogP contribution in [0.2, 0.25) is 0 Å². The lowest BCUT2D eigenvalue weighted by Crippen LogP contribution is -2.35. The normalized spacial score (nSPS) is 19.4. The van der Waals surface area contributed by atoms with Crippen LogP contribution in [0.5, 0.6) is 5.75 Å². The summed E-state index contributed by atoms with van der Waals surface area (Å²) in [5.74, 6) is 0.748. The SMILES string of the molecule is C.Cc1ccc(OCC2CCCN2C)cc1C(=O)NC1(c2cccc3ccccc23)CC1. The number of benzene rings is 3. The van der Waals surface area contributed by atoms with Gasteiger partial charge in [-0.1, -0.05) is 56.0 Å². The van der Waals surface area contributed by atoms with E-state index in [1.54, 1.807) is 0 Å². The van der Waals surface area contributed by atoms with Crippen LogP contribution in [0.1, 0.15) is 54.6 Å². The average molecular weight is 431 g/mol. The van der Waals surface area contributed by atoms with Crippen molar-refractivity contribution in [3.8, 4) is 5.75 Å². The number of carbonyl (C=O) groups is 1. The summed E-state index contributed by atoms with van der Waals surface area (Å²) < 4.78 is 6.07. The van der Waals surface area contributed by atoms with Crippen molar-refractivity contribution in [2.75, 3.05) is 20.2 Å². The Bertz CT molecular complexity index is 1110. The highest BCUT2D eigenvalue weighted by atomic mass is 16.5. The number of carbonyl (C=O) groups excluding carboxylic acids is 1. The maximum absolute atomic E-state index is 13.3. The van der Waals surface area contributed by atoms with Gasteiger partial charge < -0.3 is 15.0 Å². The lowest BCUT2D eigenvalue weighted by atomic mass is 9.96.